The third kappa shape index (κ3) is 2.94. The highest BCUT2D eigenvalue weighted by atomic mass is 19.1. The Morgan fingerprint density at radius 2 is 2.08 bits per heavy atom. The van der Waals surface area contributed by atoms with Gasteiger partial charge >= 0.3 is 0 Å². The number of halogens is 1. The highest BCUT2D eigenvalue weighted by Gasteiger charge is 2.46. The van der Waals surface area contributed by atoms with E-state index in [1.54, 1.807) is 6.07 Å². The Morgan fingerprint density at radius 3 is 2.79 bits per heavy atom. The smallest absolute Gasteiger partial charge is 0.168 e. The third-order valence-corrected chi connectivity index (χ3v) is 5.70. The Morgan fingerprint density at radius 1 is 1.33 bits per heavy atom. The lowest BCUT2D eigenvalue weighted by atomic mass is 9.68. The summed E-state index contributed by atoms with van der Waals surface area (Å²) in [5, 5.41) is 10.6. The first kappa shape index (κ1) is 17.3. The summed E-state index contributed by atoms with van der Waals surface area (Å²) in [6, 6.07) is 1.63. The molecule has 0 saturated heterocycles. The molecule has 0 amide bonds. The number of fused-ring (bicyclic) bond motifs is 3. The first-order valence-corrected chi connectivity index (χ1v) is 9.25. The van der Waals surface area contributed by atoms with Crippen LogP contribution >= 0.6 is 0 Å². The molecule has 1 aliphatic heterocycles. The number of aryl methyl sites for hydroxylation is 1. The zero-order valence-electron chi connectivity index (χ0n) is 15.3. The Bertz CT molecular complexity index is 660. The molecule has 1 aromatic rings. The number of phenols is 1. The lowest BCUT2D eigenvalue weighted by molar-refractivity contribution is 0.00671. The standard InChI is InChI=1S/C21H29FO2/c1-5-6-7-8-14-12-17(23)18-15-11-13(2)9-10-16(15)21(3,4)24-20(18)19(14)22/h11-12,15-16,23H,5-10H2,1-4H3/t15?,16-/m1/s1. The minimum atomic E-state index is -0.426. The van der Waals surface area contributed by atoms with E-state index in [-0.39, 0.29) is 29.2 Å². The first-order valence-electron chi connectivity index (χ1n) is 9.25. The van der Waals surface area contributed by atoms with E-state index in [1.807, 2.05) is 13.8 Å². The monoisotopic (exact) mass is 332 g/mol. The number of phenolic OH excluding ortho intramolecular Hbond substituents is 1. The number of ether oxygens (including phenoxy) is 1. The molecule has 3 heteroatoms. The van der Waals surface area contributed by atoms with Crippen LogP contribution in [0.25, 0.3) is 0 Å². The molecule has 0 bridgehead atoms. The molecule has 0 saturated carbocycles. The van der Waals surface area contributed by atoms with Gasteiger partial charge in [0.1, 0.15) is 11.4 Å². The van der Waals surface area contributed by atoms with Crippen LogP contribution in [0, 0.1) is 11.7 Å². The van der Waals surface area contributed by atoms with Gasteiger partial charge in [0.15, 0.2) is 11.6 Å². The van der Waals surface area contributed by atoms with Crippen LogP contribution in [0.2, 0.25) is 0 Å². The van der Waals surface area contributed by atoms with E-state index < -0.39 is 5.60 Å². The number of unbranched alkanes of at least 4 members (excludes halogenated alkanes) is 2. The molecule has 1 heterocycles. The average Bonchev–Trinajstić information content (AvgIpc) is 2.51. The number of benzene rings is 1. The molecule has 1 aliphatic carbocycles. The van der Waals surface area contributed by atoms with Crippen molar-refractivity contribution in [2.45, 2.75) is 77.7 Å². The van der Waals surface area contributed by atoms with Crippen LogP contribution in [0.1, 0.15) is 76.8 Å². The summed E-state index contributed by atoms with van der Waals surface area (Å²) >= 11 is 0. The van der Waals surface area contributed by atoms with Crippen LogP contribution in [0.15, 0.2) is 17.7 Å². The molecule has 0 aromatic heterocycles. The maximum atomic E-state index is 15.1. The van der Waals surface area contributed by atoms with Gasteiger partial charge in [-0.15, -0.1) is 0 Å². The zero-order valence-corrected chi connectivity index (χ0v) is 15.3. The van der Waals surface area contributed by atoms with Gasteiger partial charge in [0.25, 0.3) is 0 Å². The highest BCUT2D eigenvalue weighted by Crippen LogP contribution is 2.54. The second-order valence-corrected chi connectivity index (χ2v) is 7.96. The van der Waals surface area contributed by atoms with E-state index in [0.717, 1.165) is 32.1 Å². The van der Waals surface area contributed by atoms with Crippen molar-refractivity contribution in [3.63, 3.8) is 0 Å². The van der Waals surface area contributed by atoms with Crippen molar-refractivity contribution in [3.8, 4) is 11.5 Å². The second-order valence-electron chi connectivity index (χ2n) is 7.96. The van der Waals surface area contributed by atoms with Crippen LogP contribution < -0.4 is 4.74 Å². The minimum absolute atomic E-state index is 0.0386. The Balaban J connectivity index is 2.07. The fraction of sp³-hybridized carbons (Fsp3) is 0.619. The predicted octanol–water partition coefficient (Wildman–Crippen LogP) is 5.87. The van der Waals surface area contributed by atoms with Crippen molar-refractivity contribution in [1.82, 2.24) is 0 Å². The van der Waals surface area contributed by atoms with Crippen LogP contribution in [0.3, 0.4) is 0 Å². The highest BCUT2D eigenvalue weighted by molar-refractivity contribution is 5.55. The molecule has 1 aromatic carbocycles. The summed E-state index contributed by atoms with van der Waals surface area (Å²) in [5.74, 6) is 0.497. The number of rotatable bonds is 4. The zero-order chi connectivity index (χ0) is 17.5. The topological polar surface area (TPSA) is 29.5 Å². The molecule has 3 rings (SSSR count). The third-order valence-electron chi connectivity index (χ3n) is 5.70. The van der Waals surface area contributed by atoms with E-state index in [4.69, 9.17) is 4.74 Å². The summed E-state index contributed by atoms with van der Waals surface area (Å²) in [7, 11) is 0. The number of allylic oxidation sites excluding steroid dienone is 2. The largest absolute Gasteiger partial charge is 0.507 e. The van der Waals surface area contributed by atoms with Crippen molar-refractivity contribution in [1.29, 1.82) is 0 Å². The van der Waals surface area contributed by atoms with Gasteiger partial charge in [0.05, 0.1) is 0 Å². The minimum Gasteiger partial charge on any atom is -0.507 e. The van der Waals surface area contributed by atoms with Crippen molar-refractivity contribution in [3.05, 3.63) is 34.7 Å². The molecule has 1 unspecified atom stereocenters. The molecular weight excluding hydrogens is 303 g/mol. The lowest BCUT2D eigenvalue weighted by Crippen LogP contribution is -2.45. The van der Waals surface area contributed by atoms with Gasteiger partial charge < -0.3 is 9.84 Å². The van der Waals surface area contributed by atoms with Crippen molar-refractivity contribution in [2.75, 3.05) is 0 Å². The van der Waals surface area contributed by atoms with Gasteiger partial charge in [0.2, 0.25) is 0 Å². The summed E-state index contributed by atoms with van der Waals surface area (Å²) in [6.07, 6.45) is 7.99. The normalized spacial score (nSPS) is 24.6. The van der Waals surface area contributed by atoms with Crippen LogP contribution in [-0.4, -0.2) is 10.7 Å². The molecule has 2 aliphatic rings. The van der Waals surface area contributed by atoms with E-state index in [9.17, 15) is 5.11 Å². The fourth-order valence-corrected chi connectivity index (χ4v) is 4.33. The number of hydrogen-bond donors (Lipinski definition) is 1. The van der Waals surface area contributed by atoms with E-state index in [1.165, 1.54) is 5.57 Å². The molecule has 1 N–H and O–H groups in total. The van der Waals surface area contributed by atoms with Gasteiger partial charge in [-0.1, -0.05) is 31.4 Å². The van der Waals surface area contributed by atoms with E-state index in [0.29, 0.717) is 17.5 Å². The second kappa shape index (κ2) is 6.42. The van der Waals surface area contributed by atoms with Crippen molar-refractivity contribution >= 4 is 0 Å². The molecule has 132 valence electrons. The number of aromatic hydroxyl groups is 1. The summed E-state index contributed by atoms with van der Waals surface area (Å²) in [5.41, 5.74) is 2.11. The molecule has 0 radical (unpaired) electrons. The van der Waals surface area contributed by atoms with Gasteiger partial charge in [-0.2, -0.15) is 0 Å². The average molecular weight is 332 g/mol. The molecule has 24 heavy (non-hydrogen) atoms. The molecular formula is C21H29FO2. The fourth-order valence-electron chi connectivity index (χ4n) is 4.33. The van der Waals surface area contributed by atoms with Crippen LogP contribution in [-0.2, 0) is 6.42 Å². The van der Waals surface area contributed by atoms with Gasteiger partial charge in [-0.05, 0) is 58.1 Å². The van der Waals surface area contributed by atoms with Gasteiger partial charge in [-0.3, -0.25) is 0 Å². The van der Waals surface area contributed by atoms with Gasteiger partial charge in [0, 0.05) is 17.4 Å². The quantitative estimate of drug-likeness (QED) is 0.551. The van der Waals surface area contributed by atoms with E-state index >= 15 is 4.39 Å². The number of hydrogen-bond acceptors (Lipinski definition) is 2. The molecule has 2 nitrogen and oxygen atoms in total. The van der Waals surface area contributed by atoms with Crippen LogP contribution in [0.5, 0.6) is 11.5 Å². The van der Waals surface area contributed by atoms with Crippen molar-refractivity contribution in [2.24, 2.45) is 5.92 Å². The van der Waals surface area contributed by atoms with Gasteiger partial charge in [-0.25, -0.2) is 4.39 Å². The lowest BCUT2D eigenvalue weighted by Gasteiger charge is -2.46. The molecule has 2 atom stereocenters. The predicted molar refractivity (Wildman–Crippen MR) is 95.2 cm³/mol. The Labute approximate surface area is 144 Å². The first-order chi connectivity index (χ1) is 11.3. The maximum Gasteiger partial charge on any atom is 0.168 e. The SMILES string of the molecule is CCCCCc1cc(O)c2c(c1F)OC(C)(C)[C@@H]1CCC(C)=CC21. The molecule has 0 spiro atoms. The van der Waals surface area contributed by atoms with Crippen molar-refractivity contribution < 1.29 is 14.2 Å². The Hall–Kier alpha value is -1.51. The van der Waals surface area contributed by atoms with E-state index in [2.05, 4.69) is 19.9 Å². The Kier molecular flexibility index (Phi) is 4.63. The maximum absolute atomic E-state index is 15.1. The molecule has 0 fully saturated rings. The summed E-state index contributed by atoms with van der Waals surface area (Å²) < 4.78 is 21.2. The summed E-state index contributed by atoms with van der Waals surface area (Å²) in [4.78, 5) is 0. The van der Waals surface area contributed by atoms with Crippen LogP contribution in [0.4, 0.5) is 4.39 Å². The summed E-state index contributed by atoms with van der Waals surface area (Å²) in [6.45, 7) is 8.33.